The fourth-order valence-corrected chi connectivity index (χ4v) is 3.59. The molecular weight excluding hydrogens is 376 g/mol. The third kappa shape index (κ3) is 2.07. The molecule has 22 heavy (non-hydrogen) atoms. The minimum absolute atomic E-state index is 0.460. The molecule has 116 valence electrons. The van der Waals surface area contributed by atoms with E-state index < -0.39 is 30.6 Å². The number of aliphatic hydroxyl groups excluding tert-OH is 2. The Morgan fingerprint density at radius 1 is 1.59 bits per heavy atom. The molecule has 0 aromatic carbocycles. The van der Waals surface area contributed by atoms with Crippen molar-refractivity contribution in [1.82, 2.24) is 9.55 Å². The molecule has 2 aromatic heterocycles. The molecule has 3 N–H and O–H groups in total. The maximum Gasteiger partial charge on any atom is 0.183 e. The van der Waals surface area contributed by atoms with Crippen LogP contribution in [-0.4, -0.2) is 49.3 Å². The first kappa shape index (κ1) is 15.7. The summed E-state index contributed by atoms with van der Waals surface area (Å²) in [5, 5.41) is 31.2. The van der Waals surface area contributed by atoms with Crippen molar-refractivity contribution < 1.29 is 20.1 Å². The molecule has 0 aliphatic carbocycles. The zero-order valence-corrected chi connectivity index (χ0v) is 13.5. The van der Waals surface area contributed by atoms with Gasteiger partial charge in [0.25, 0.3) is 0 Å². The predicted molar refractivity (Wildman–Crippen MR) is 83.2 cm³/mol. The average Bonchev–Trinajstić information content (AvgIpc) is 2.97. The first-order valence-electron chi connectivity index (χ1n) is 6.39. The number of aromatic nitrogens is 2. The highest BCUT2D eigenvalue weighted by molar-refractivity contribution is 9.10. The molecule has 6 nitrogen and oxygen atoms in total. The maximum absolute atomic E-state index is 10.4. The largest absolute Gasteiger partial charge is 0.394 e. The molecule has 3 heterocycles. The number of halogens is 2. The van der Waals surface area contributed by atoms with Crippen LogP contribution in [0.15, 0.2) is 22.9 Å². The number of ether oxygens (including phenoxy) is 1. The Morgan fingerprint density at radius 2 is 2.32 bits per heavy atom. The lowest BCUT2D eigenvalue weighted by Gasteiger charge is -2.24. The molecule has 1 fully saturated rings. The summed E-state index contributed by atoms with van der Waals surface area (Å²) in [4.78, 5) is 4.23. The third-order valence-corrected chi connectivity index (χ3v) is 4.72. The van der Waals surface area contributed by atoms with Crippen LogP contribution in [0, 0.1) is 12.3 Å². The Kier molecular flexibility index (Phi) is 3.93. The van der Waals surface area contributed by atoms with Crippen LogP contribution in [0.1, 0.15) is 6.23 Å². The monoisotopic (exact) mass is 386 g/mol. The minimum Gasteiger partial charge on any atom is -0.394 e. The van der Waals surface area contributed by atoms with Gasteiger partial charge in [0, 0.05) is 16.9 Å². The second kappa shape index (κ2) is 5.49. The molecule has 0 unspecified atom stereocenters. The normalized spacial score (nSPS) is 31.5. The summed E-state index contributed by atoms with van der Waals surface area (Å²) in [6, 6.07) is 1.64. The van der Waals surface area contributed by atoms with E-state index in [2.05, 4.69) is 26.8 Å². The smallest absolute Gasteiger partial charge is 0.183 e. The van der Waals surface area contributed by atoms with Gasteiger partial charge in [0.1, 0.15) is 17.9 Å². The number of pyridine rings is 1. The maximum atomic E-state index is 10.4. The number of fused-ring (bicyclic) bond motifs is 1. The van der Waals surface area contributed by atoms with Gasteiger partial charge >= 0.3 is 0 Å². The van der Waals surface area contributed by atoms with E-state index in [0.717, 1.165) is 0 Å². The van der Waals surface area contributed by atoms with Gasteiger partial charge in [-0.1, -0.05) is 17.5 Å². The van der Waals surface area contributed by atoms with Gasteiger partial charge < -0.3 is 24.6 Å². The lowest BCUT2D eigenvalue weighted by molar-refractivity contribution is -0.0604. The summed E-state index contributed by atoms with van der Waals surface area (Å²) in [7, 11) is 0. The molecule has 3 rings (SSSR count). The molecule has 0 amide bonds. The first-order valence-corrected chi connectivity index (χ1v) is 7.56. The lowest BCUT2D eigenvalue weighted by atomic mass is 9.93. The summed E-state index contributed by atoms with van der Waals surface area (Å²) >= 11 is 9.53. The lowest BCUT2D eigenvalue weighted by Crippen LogP contribution is -2.47. The van der Waals surface area contributed by atoms with Crippen molar-refractivity contribution in [2.24, 2.45) is 0 Å². The summed E-state index contributed by atoms with van der Waals surface area (Å²) in [5.41, 5.74) is -1.53. The Morgan fingerprint density at radius 3 is 2.91 bits per heavy atom. The van der Waals surface area contributed by atoms with Crippen LogP contribution in [0.2, 0.25) is 5.02 Å². The van der Waals surface area contributed by atoms with Gasteiger partial charge in [-0.2, -0.15) is 0 Å². The number of aliphatic hydroxyl groups is 3. The van der Waals surface area contributed by atoms with Gasteiger partial charge in [0.05, 0.1) is 17.0 Å². The molecular formula is C14H12BrClN2O4. The van der Waals surface area contributed by atoms with E-state index in [4.69, 9.17) is 22.8 Å². The zero-order chi connectivity index (χ0) is 16.1. The number of nitrogens with zero attached hydrogens (tertiary/aromatic N) is 2. The Balaban J connectivity index is 2.14. The van der Waals surface area contributed by atoms with E-state index in [1.165, 1.54) is 10.8 Å². The van der Waals surface area contributed by atoms with Crippen molar-refractivity contribution in [3.63, 3.8) is 0 Å². The highest BCUT2D eigenvalue weighted by Gasteiger charge is 2.55. The molecule has 0 saturated carbocycles. The van der Waals surface area contributed by atoms with E-state index in [-0.39, 0.29) is 0 Å². The van der Waals surface area contributed by atoms with Crippen LogP contribution in [0.25, 0.3) is 11.0 Å². The minimum atomic E-state index is -1.99. The molecule has 1 aliphatic heterocycles. The number of hydrogen-bond donors (Lipinski definition) is 3. The number of terminal acetylenes is 1. The quantitative estimate of drug-likeness (QED) is 0.671. The van der Waals surface area contributed by atoms with E-state index in [9.17, 15) is 15.3 Å². The van der Waals surface area contributed by atoms with Crippen molar-refractivity contribution in [1.29, 1.82) is 0 Å². The molecule has 1 saturated heterocycles. The first-order chi connectivity index (χ1) is 10.4. The van der Waals surface area contributed by atoms with Gasteiger partial charge in [-0.05, 0) is 22.0 Å². The van der Waals surface area contributed by atoms with E-state index in [0.29, 0.717) is 20.5 Å². The summed E-state index contributed by atoms with van der Waals surface area (Å²) in [6.07, 6.45) is 4.91. The highest BCUT2D eigenvalue weighted by atomic mass is 79.9. The van der Waals surface area contributed by atoms with Crippen LogP contribution in [0.5, 0.6) is 0 Å². The zero-order valence-electron chi connectivity index (χ0n) is 11.1. The summed E-state index contributed by atoms with van der Waals surface area (Å²) in [5.74, 6) is 2.11. The SMILES string of the molecule is C#C[C@@]1(O)[C@@H](CO)O[C@@H](n2cc(Br)c3c(Cl)ccnc32)[C@@H]1O. The van der Waals surface area contributed by atoms with Gasteiger partial charge in [-0.15, -0.1) is 6.42 Å². The Hall–Kier alpha value is -1.14. The van der Waals surface area contributed by atoms with Gasteiger partial charge in [-0.3, -0.25) is 0 Å². The van der Waals surface area contributed by atoms with Crippen LogP contribution in [0.4, 0.5) is 0 Å². The molecule has 4 atom stereocenters. The van der Waals surface area contributed by atoms with Crippen LogP contribution >= 0.6 is 27.5 Å². The van der Waals surface area contributed by atoms with Crippen LogP contribution in [-0.2, 0) is 4.74 Å². The van der Waals surface area contributed by atoms with Crippen molar-refractivity contribution in [2.45, 2.75) is 24.0 Å². The molecule has 0 spiro atoms. The Labute approximate surface area is 139 Å². The van der Waals surface area contributed by atoms with Crippen molar-refractivity contribution >= 4 is 38.6 Å². The topological polar surface area (TPSA) is 87.7 Å². The molecule has 2 aromatic rings. The van der Waals surface area contributed by atoms with Gasteiger partial charge in [-0.25, -0.2) is 4.98 Å². The second-order valence-electron chi connectivity index (χ2n) is 4.99. The third-order valence-electron chi connectivity index (χ3n) is 3.80. The summed E-state index contributed by atoms with van der Waals surface area (Å²) in [6.45, 7) is -0.525. The number of rotatable bonds is 2. The summed E-state index contributed by atoms with van der Waals surface area (Å²) < 4.78 is 7.73. The fourth-order valence-electron chi connectivity index (χ4n) is 2.62. The highest BCUT2D eigenvalue weighted by Crippen LogP contribution is 2.40. The predicted octanol–water partition coefficient (Wildman–Crippen LogP) is 1.07. The van der Waals surface area contributed by atoms with Gasteiger partial charge in [0.15, 0.2) is 11.8 Å². The van der Waals surface area contributed by atoms with Crippen LogP contribution in [0.3, 0.4) is 0 Å². The van der Waals surface area contributed by atoms with Crippen molar-refractivity contribution in [3.8, 4) is 12.3 Å². The van der Waals surface area contributed by atoms with E-state index in [1.807, 2.05) is 0 Å². The molecule has 0 bridgehead atoms. The fraction of sp³-hybridized carbons (Fsp3) is 0.357. The van der Waals surface area contributed by atoms with E-state index >= 15 is 0 Å². The molecule has 1 aliphatic rings. The molecule has 0 radical (unpaired) electrons. The Bertz CT molecular complexity index is 774. The number of hydrogen-bond acceptors (Lipinski definition) is 5. The standard InChI is InChI=1S/C14H12BrClN2O4/c1-2-14(21)9(6-19)22-13(11(14)20)18-5-7(15)10-8(16)3-4-17-12(10)18/h1,3-5,9,11,13,19-21H,6H2/t9-,11+,13-,14-/m1/s1. The van der Waals surface area contributed by atoms with Crippen molar-refractivity contribution in [3.05, 3.63) is 28.0 Å². The van der Waals surface area contributed by atoms with Crippen LogP contribution < -0.4 is 0 Å². The average molecular weight is 388 g/mol. The van der Waals surface area contributed by atoms with Gasteiger partial charge in [0.2, 0.25) is 0 Å². The second-order valence-corrected chi connectivity index (χ2v) is 6.25. The van der Waals surface area contributed by atoms with Crippen molar-refractivity contribution in [2.75, 3.05) is 6.61 Å². The van der Waals surface area contributed by atoms with E-state index in [1.54, 1.807) is 12.3 Å². The molecule has 8 heteroatoms.